The first-order valence-corrected chi connectivity index (χ1v) is 11.1. The highest BCUT2D eigenvalue weighted by atomic mass is 16.5. The maximum absolute atomic E-state index is 12.7. The molecule has 6 heteroatoms. The molecule has 0 aliphatic heterocycles. The molecular formula is C27H28N2O4. The van der Waals surface area contributed by atoms with Crippen LogP contribution in [0.25, 0.3) is 11.1 Å². The molecule has 2 atom stereocenters. The third-order valence-electron chi connectivity index (χ3n) is 6.19. The molecule has 6 nitrogen and oxygen atoms in total. The number of ether oxygens (including phenoxy) is 1. The van der Waals surface area contributed by atoms with Crippen molar-refractivity contribution in [2.75, 3.05) is 12.3 Å². The fraction of sp³-hybridized carbons (Fsp3) is 0.259. The van der Waals surface area contributed by atoms with E-state index >= 15 is 0 Å². The molecule has 0 bridgehead atoms. The van der Waals surface area contributed by atoms with Crippen molar-refractivity contribution in [2.24, 2.45) is 5.92 Å². The van der Waals surface area contributed by atoms with E-state index in [-0.39, 0.29) is 18.6 Å². The van der Waals surface area contributed by atoms with Gasteiger partial charge in [0.2, 0.25) is 0 Å². The largest absolute Gasteiger partial charge is 0.481 e. The summed E-state index contributed by atoms with van der Waals surface area (Å²) in [6.07, 6.45) is 0.237. The van der Waals surface area contributed by atoms with Gasteiger partial charge in [-0.3, -0.25) is 4.79 Å². The van der Waals surface area contributed by atoms with Crippen LogP contribution in [0.5, 0.6) is 0 Å². The SMILES string of the molecule is C[C@H](C[C@H](Cc1ccc(N)cc1)NC(=O)OCC1c2ccccc2-c2ccccc21)C(=O)O. The third-order valence-corrected chi connectivity index (χ3v) is 6.19. The highest BCUT2D eigenvalue weighted by Crippen LogP contribution is 2.44. The summed E-state index contributed by atoms with van der Waals surface area (Å²) < 4.78 is 5.65. The zero-order valence-corrected chi connectivity index (χ0v) is 18.5. The summed E-state index contributed by atoms with van der Waals surface area (Å²) in [6, 6.07) is 23.3. The average molecular weight is 445 g/mol. The monoisotopic (exact) mass is 444 g/mol. The van der Waals surface area contributed by atoms with Crippen LogP contribution in [0, 0.1) is 5.92 Å². The predicted molar refractivity (Wildman–Crippen MR) is 128 cm³/mol. The molecule has 0 unspecified atom stereocenters. The van der Waals surface area contributed by atoms with Gasteiger partial charge in [0.05, 0.1) is 5.92 Å². The number of carbonyl (C=O) groups is 2. The van der Waals surface area contributed by atoms with E-state index in [1.54, 1.807) is 19.1 Å². The molecule has 0 aromatic heterocycles. The smallest absolute Gasteiger partial charge is 0.407 e. The molecule has 0 heterocycles. The number of alkyl carbamates (subject to hydrolysis) is 1. The lowest BCUT2D eigenvalue weighted by molar-refractivity contribution is -0.141. The molecule has 0 spiro atoms. The van der Waals surface area contributed by atoms with Crippen molar-refractivity contribution in [1.29, 1.82) is 0 Å². The van der Waals surface area contributed by atoms with E-state index in [0.717, 1.165) is 16.7 Å². The van der Waals surface area contributed by atoms with Gasteiger partial charge in [-0.1, -0.05) is 67.6 Å². The molecule has 0 fully saturated rings. The summed E-state index contributed by atoms with van der Waals surface area (Å²) in [4.78, 5) is 24.1. The molecule has 4 N–H and O–H groups in total. The van der Waals surface area contributed by atoms with Gasteiger partial charge < -0.3 is 20.9 Å². The first kappa shape index (κ1) is 22.4. The minimum atomic E-state index is -0.897. The van der Waals surface area contributed by atoms with Crippen molar-refractivity contribution in [3.05, 3.63) is 89.5 Å². The molecule has 1 aliphatic rings. The van der Waals surface area contributed by atoms with E-state index in [1.165, 1.54) is 11.1 Å². The van der Waals surface area contributed by atoms with E-state index in [2.05, 4.69) is 29.6 Å². The van der Waals surface area contributed by atoms with Gasteiger partial charge in [-0.2, -0.15) is 0 Å². The van der Waals surface area contributed by atoms with Gasteiger partial charge in [-0.25, -0.2) is 4.79 Å². The Morgan fingerprint density at radius 1 is 0.970 bits per heavy atom. The highest BCUT2D eigenvalue weighted by Gasteiger charge is 2.29. The molecule has 1 aliphatic carbocycles. The number of hydrogen-bond donors (Lipinski definition) is 3. The lowest BCUT2D eigenvalue weighted by atomic mass is 9.96. The minimum absolute atomic E-state index is 0.0309. The number of carboxylic acids is 1. The Kier molecular flexibility index (Phi) is 6.63. The van der Waals surface area contributed by atoms with Crippen LogP contribution in [-0.4, -0.2) is 29.8 Å². The zero-order valence-electron chi connectivity index (χ0n) is 18.5. The number of carboxylic acid groups (broad SMARTS) is 1. The Hall–Kier alpha value is -3.80. The van der Waals surface area contributed by atoms with Crippen molar-refractivity contribution in [2.45, 2.75) is 31.7 Å². The molecule has 3 aromatic rings. The second kappa shape index (κ2) is 9.77. The van der Waals surface area contributed by atoms with Gasteiger partial charge in [0, 0.05) is 17.6 Å². The minimum Gasteiger partial charge on any atom is -0.481 e. The van der Waals surface area contributed by atoms with Crippen LogP contribution in [0.15, 0.2) is 72.8 Å². The maximum atomic E-state index is 12.7. The summed E-state index contributed by atoms with van der Waals surface area (Å²) >= 11 is 0. The zero-order chi connectivity index (χ0) is 23.4. The van der Waals surface area contributed by atoms with Crippen LogP contribution in [-0.2, 0) is 16.0 Å². The Morgan fingerprint density at radius 2 is 1.55 bits per heavy atom. The number of hydrogen-bond acceptors (Lipinski definition) is 4. The number of nitrogen functional groups attached to an aromatic ring is 1. The lowest BCUT2D eigenvalue weighted by Gasteiger charge is -2.22. The van der Waals surface area contributed by atoms with Crippen LogP contribution >= 0.6 is 0 Å². The van der Waals surface area contributed by atoms with Crippen molar-refractivity contribution in [1.82, 2.24) is 5.32 Å². The number of rotatable bonds is 8. The fourth-order valence-corrected chi connectivity index (χ4v) is 4.47. The van der Waals surface area contributed by atoms with Gasteiger partial charge >= 0.3 is 12.1 Å². The van der Waals surface area contributed by atoms with E-state index < -0.39 is 18.0 Å². The normalized spacial score (nSPS) is 14.1. The number of benzene rings is 3. The van der Waals surface area contributed by atoms with Gasteiger partial charge in [0.1, 0.15) is 6.61 Å². The van der Waals surface area contributed by atoms with Crippen LogP contribution in [0.4, 0.5) is 10.5 Å². The number of fused-ring (bicyclic) bond motifs is 3. The number of anilines is 1. The van der Waals surface area contributed by atoms with E-state index in [0.29, 0.717) is 18.5 Å². The van der Waals surface area contributed by atoms with Gasteiger partial charge in [-0.15, -0.1) is 0 Å². The molecular weight excluding hydrogens is 416 g/mol. The van der Waals surface area contributed by atoms with E-state index in [4.69, 9.17) is 10.5 Å². The van der Waals surface area contributed by atoms with Gasteiger partial charge in [0.15, 0.2) is 0 Å². The van der Waals surface area contributed by atoms with Crippen LogP contribution < -0.4 is 11.1 Å². The molecule has 0 saturated carbocycles. The number of nitrogens with one attached hydrogen (secondary N) is 1. The second-order valence-corrected chi connectivity index (χ2v) is 8.59. The van der Waals surface area contributed by atoms with Crippen molar-refractivity contribution >= 4 is 17.7 Å². The van der Waals surface area contributed by atoms with Gasteiger partial charge in [0.25, 0.3) is 0 Å². The Balaban J connectivity index is 1.44. The number of amides is 1. The molecule has 0 radical (unpaired) electrons. The van der Waals surface area contributed by atoms with Crippen LogP contribution in [0.3, 0.4) is 0 Å². The number of carbonyl (C=O) groups excluding carboxylic acids is 1. The predicted octanol–water partition coefficient (Wildman–Crippen LogP) is 4.83. The number of aliphatic carboxylic acids is 1. The maximum Gasteiger partial charge on any atom is 0.407 e. The first-order chi connectivity index (χ1) is 15.9. The summed E-state index contributed by atoms with van der Waals surface area (Å²) in [5, 5.41) is 12.2. The molecule has 4 rings (SSSR count). The molecule has 3 aromatic carbocycles. The fourth-order valence-electron chi connectivity index (χ4n) is 4.47. The van der Waals surface area contributed by atoms with Crippen LogP contribution in [0.2, 0.25) is 0 Å². The molecule has 0 saturated heterocycles. The molecule has 170 valence electrons. The second-order valence-electron chi connectivity index (χ2n) is 8.59. The summed E-state index contributed by atoms with van der Waals surface area (Å²) in [7, 11) is 0. The molecule has 1 amide bonds. The average Bonchev–Trinajstić information content (AvgIpc) is 3.13. The summed E-state index contributed by atoms with van der Waals surface area (Å²) in [6.45, 7) is 1.85. The summed E-state index contributed by atoms with van der Waals surface area (Å²) in [5.41, 5.74) is 12.0. The third kappa shape index (κ3) is 5.17. The molecule has 33 heavy (non-hydrogen) atoms. The quantitative estimate of drug-likeness (QED) is 0.432. The van der Waals surface area contributed by atoms with Crippen molar-refractivity contribution in [3.63, 3.8) is 0 Å². The topological polar surface area (TPSA) is 102 Å². The lowest BCUT2D eigenvalue weighted by Crippen LogP contribution is -2.39. The van der Waals surface area contributed by atoms with Crippen molar-refractivity contribution in [3.8, 4) is 11.1 Å². The summed E-state index contributed by atoms with van der Waals surface area (Å²) in [5.74, 6) is -1.53. The van der Waals surface area contributed by atoms with Gasteiger partial charge in [-0.05, 0) is 52.8 Å². The standard InChI is InChI=1S/C27H28N2O4/c1-17(26(30)31)14-20(15-18-10-12-19(28)13-11-18)29-27(32)33-16-25-23-8-4-2-6-21(23)22-7-3-5-9-24(22)25/h2-13,17,20,25H,14-16,28H2,1H3,(H,29,32)(H,30,31)/t17-,20-/m1/s1. The highest BCUT2D eigenvalue weighted by molar-refractivity contribution is 5.79. The van der Waals surface area contributed by atoms with E-state index in [1.807, 2.05) is 36.4 Å². The van der Waals surface area contributed by atoms with Crippen molar-refractivity contribution < 1.29 is 19.4 Å². The Labute approximate surface area is 193 Å². The first-order valence-electron chi connectivity index (χ1n) is 11.1. The van der Waals surface area contributed by atoms with E-state index in [9.17, 15) is 14.7 Å². The Bertz CT molecular complexity index is 1100. The van der Waals surface area contributed by atoms with Crippen LogP contribution in [0.1, 0.15) is 36.0 Å². The Morgan fingerprint density at radius 3 is 2.12 bits per heavy atom. The number of nitrogens with two attached hydrogens (primary N) is 1.